The lowest BCUT2D eigenvalue weighted by Gasteiger charge is -2.21. The van der Waals surface area contributed by atoms with E-state index in [-0.39, 0.29) is 0 Å². The van der Waals surface area contributed by atoms with Crippen molar-refractivity contribution in [3.8, 4) is 11.1 Å². The molecule has 1 N–H and O–H groups in total. The maximum absolute atomic E-state index is 5.37. The van der Waals surface area contributed by atoms with Gasteiger partial charge in [0.05, 0.1) is 5.69 Å². The molecule has 0 spiro atoms. The molecule has 1 aliphatic rings. The van der Waals surface area contributed by atoms with Crippen molar-refractivity contribution < 1.29 is 4.52 Å². The first-order valence-electron chi connectivity index (χ1n) is 8.15. The second kappa shape index (κ2) is 5.92. The largest absolute Gasteiger partial charge is 0.357 e. The van der Waals surface area contributed by atoms with Crippen molar-refractivity contribution in [2.75, 3.05) is 12.4 Å². The Morgan fingerprint density at radius 1 is 1.00 bits per heavy atom. The topological polar surface area (TPSA) is 38.1 Å². The van der Waals surface area contributed by atoms with Gasteiger partial charge in [-0.15, -0.1) is 0 Å². The third kappa shape index (κ3) is 2.63. The molecule has 0 radical (unpaired) electrons. The lowest BCUT2D eigenvalue weighted by Crippen LogP contribution is -2.12. The van der Waals surface area contributed by atoms with E-state index < -0.39 is 0 Å². The van der Waals surface area contributed by atoms with Crippen molar-refractivity contribution in [1.82, 2.24) is 5.16 Å². The van der Waals surface area contributed by atoms with Crippen LogP contribution in [0.1, 0.15) is 29.2 Å². The summed E-state index contributed by atoms with van der Waals surface area (Å²) in [6.45, 7) is 0. The molecule has 0 saturated carbocycles. The van der Waals surface area contributed by atoms with Gasteiger partial charge in [-0.25, -0.2) is 0 Å². The maximum atomic E-state index is 5.37. The van der Waals surface area contributed by atoms with E-state index in [9.17, 15) is 0 Å². The minimum atomic E-state index is 0.530. The number of nitrogens with one attached hydrogen (secondary N) is 1. The molecule has 0 bridgehead atoms. The van der Waals surface area contributed by atoms with Crippen molar-refractivity contribution in [1.29, 1.82) is 0 Å². The summed E-state index contributed by atoms with van der Waals surface area (Å²) in [7, 11) is 1.88. The molecule has 1 heterocycles. The second-order valence-electron chi connectivity index (χ2n) is 6.11. The van der Waals surface area contributed by atoms with Crippen molar-refractivity contribution >= 4 is 5.88 Å². The highest BCUT2D eigenvalue weighted by Crippen LogP contribution is 2.36. The quantitative estimate of drug-likeness (QED) is 0.765. The molecule has 3 heteroatoms. The van der Waals surface area contributed by atoms with Crippen LogP contribution >= 0.6 is 0 Å². The van der Waals surface area contributed by atoms with Crippen LogP contribution in [0.3, 0.4) is 0 Å². The zero-order chi connectivity index (χ0) is 15.6. The molecular weight excluding hydrogens is 284 g/mol. The summed E-state index contributed by atoms with van der Waals surface area (Å²) in [4.78, 5) is 0. The first-order valence-corrected chi connectivity index (χ1v) is 8.15. The highest BCUT2D eigenvalue weighted by Gasteiger charge is 2.26. The van der Waals surface area contributed by atoms with Crippen molar-refractivity contribution in [2.24, 2.45) is 0 Å². The van der Waals surface area contributed by atoms with Gasteiger partial charge in [0.1, 0.15) is 0 Å². The van der Waals surface area contributed by atoms with Gasteiger partial charge in [-0.3, -0.25) is 0 Å². The zero-order valence-electron chi connectivity index (χ0n) is 13.3. The smallest absolute Gasteiger partial charge is 0.227 e. The Kier molecular flexibility index (Phi) is 3.62. The van der Waals surface area contributed by atoms with Crippen molar-refractivity contribution in [2.45, 2.75) is 25.2 Å². The van der Waals surface area contributed by atoms with Gasteiger partial charge in [0.25, 0.3) is 0 Å². The van der Waals surface area contributed by atoms with Crippen LogP contribution in [0.15, 0.2) is 59.1 Å². The minimum absolute atomic E-state index is 0.530. The van der Waals surface area contributed by atoms with Gasteiger partial charge >= 0.3 is 0 Å². The van der Waals surface area contributed by atoms with Crippen LogP contribution in [0.4, 0.5) is 5.88 Å². The van der Waals surface area contributed by atoms with E-state index >= 15 is 0 Å². The molecule has 1 unspecified atom stereocenters. The standard InChI is InChI=1S/C20H20N2O/c1-21-20-18-12-11-17(13-19(18)22-23-20)16-9-7-15(8-10-16)14-5-3-2-4-6-14/h2-10,17,21H,11-13H2,1H3. The Morgan fingerprint density at radius 2 is 1.74 bits per heavy atom. The van der Waals surface area contributed by atoms with Gasteiger partial charge in [-0.05, 0) is 35.4 Å². The fourth-order valence-corrected chi connectivity index (χ4v) is 3.47. The van der Waals surface area contributed by atoms with E-state index in [2.05, 4.69) is 65.1 Å². The lowest BCUT2D eigenvalue weighted by molar-refractivity contribution is 0.422. The molecule has 116 valence electrons. The van der Waals surface area contributed by atoms with Crippen LogP contribution in [-0.2, 0) is 12.8 Å². The van der Waals surface area contributed by atoms with Gasteiger partial charge < -0.3 is 9.84 Å². The van der Waals surface area contributed by atoms with E-state index in [1.165, 1.54) is 22.3 Å². The SMILES string of the molecule is CNc1onc2c1CCC(c1ccc(-c3ccccc3)cc1)C2. The highest BCUT2D eigenvalue weighted by atomic mass is 16.5. The molecule has 0 amide bonds. The summed E-state index contributed by atoms with van der Waals surface area (Å²) in [5.74, 6) is 1.36. The number of hydrogen-bond acceptors (Lipinski definition) is 3. The maximum Gasteiger partial charge on any atom is 0.227 e. The van der Waals surface area contributed by atoms with Crippen LogP contribution < -0.4 is 5.32 Å². The number of nitrogens with zero attached hydrogens (tertiary/aromatic N) is 1. The van der Waals surface area contributed by atoms with Crippen LogP contribution in [0.25, 0.3) is 11.1 Å². The molecule has 3 aromatic rings. The zero-order valence-corrected chi connectivity index (χ0v) is 13.3. The Morgan fingerprint density at radius 3 is 2.48 bits per heavy atom. The normalized spacial score (nSPS) is 16.8. The predicted molar refractivity (Wildman–Crippen MR) is 92.7 cm³/mol. The van der Waals surface area contributed by atoms with Crippen LogP contribution in [0, 0.1) is 0 Å². The molecule has 0 fully saturated rings. The molecule has 1 aromatic heterocycles. The average molecular weight is 304 g/mol. The van der Waals surface area contributed by atoms with E-state index in [0.29, 0.717) is 5.92 Å². The number of fused-ring (bicyclic) bond motifs is 1. The van der Waals surface area contributed by atoms with E-state index in [1.54, 1.807) is 0 Å². The van der Waals surface area contributed by atoms with Gasteiger partial charge in [-0.2, -0.15) is 0 Å². The fraction of sp³-hybridized carbons (Fsp3) is 0.250. The van der Waals surface area contributed by atoms with Crippen molar-refractivity contribution in [3.05, 3.63) is 71.4 Å². The van der Waals surface area contributed by atoms with E-state index in [0.717, 1.165) is 30.8 Å². The Balaban J connectivity index is 1.55. The predicted octanol–water partition coefficient (Wildman–Crippen LogP) is 4.66. The highest BCUT2D eigenvalue weighted by molar-refractivity contribution is 5.63. The Bertz CT molecular complexity index is 790. The van der Waals surface area contributed by atoms with Crippen LogP contribution in [0.2, 0.25) is 0 Å². The molecule has 1 aliphatic carbocycles. The third-order valence-corrected chi connectivity index (χ3v) is 4.77. The molecule has 1 atom stereocenters. The molecule has 0 aliphatic heterocycles. The molecular formula is C20H20N2O. The summed E-state index contributed by atoms with van der Waals surface area (Å²) in [6.07, 6.45) is 3.14. The first kappa shape index (κ1) is 14.1. The van der Waals surface area contributed by atoms with Crippen LogP contribution in [-0.4, -0.2) is 12.2 Å². The second-order valence-corrected chi connectivity index (χ2v) is 6.11. The number of anilines is 1. The monoisotopic (exact) mass is 304 g/mol. The van der Waals surface area contributed by atoms with Crippen LogP contribution in [0.5, 0.6) is 0 Å². The molecule has 2 aromatic carbocycles. The lowest BCUT2D eigenvalue weighted by atomic mass is 9.82. The van der Waals surface area contributed by atoms with Gasteiger partial charge in [0.2, 0.25) is 5.88 Å². The molecule has 4 rings (SSSR count). The van der Waals surface area contributed by atoms with E-state index in [1.807, 2.05) is 7.05 Å². The molecule has 3 nitrogen and oxygen atoms in total. The number of benzene rings is 2. The van der Waals surface area contributed by atoms with Gasteiger partial charge in [0.15, 0.2) is 0 Å². The Labute approximate surface area is 136 Å². The summed E-state index contributed by atoms with van der Waals surface area (Å²) in [5, 5.41) is 7.32. The first-order chi connectivity index (χ1) is 11.3. The fourth-order valence-electron chi connectivity index (χ4n) is 3.47. The van der Waals surface area contributed by atoms with Crippen molar-refractivity contribution in [3.63, 3.8) is 0 Å². The molecule has 23 heavy (non-hydrogen) atoms. The minimum Gasteiger partial charge on any atom is -0.357 e. The third-order valence-electron chi connectivity index (χ3n) is 4.77. The number of rotatable bonds is 3. The average Bonchev–Trinajstić information content (AvgIpc) is 3.05. The summed E-state index contributed by atoms with van der Waals surface area (Å²) in [5.41, 5.74) is 6.29. The summed E-state index contributed by atoms with van der Waals surface area (Å²) in [6, 6.07) is 19.5. The summed E-state index contributed by atoms with van der Waals surface area (Å²) < 4.78 is 5.37. The molecule has 0 saturated heterocycles. The Hall–Kier alpha value is -2.55. The number of hydrogen-bond donors (Lipinski definition) is 1. The summed E-state index contributed by atoms with van der Waals surface area (Å²) >= 11 is 0. The number of aromatic nitrogens is 1. The van der Waals surface area contributed by atoms with E-state index in [4.69, 9.17) is 4.52 Å². The van der Waals surface area contributed by atoms with Gasteiger partial charge in [0, 0.05) is 19.0 Å². The van der Waals surface area contributed by atoms with Gasteiger partial charge in [-0.1, -0.05) is 59.8 Å².